The van der Waals surface area contributed by atoms with Crippen molar-refractivity contribution < 1.29 is 48.6 Å². The first-order valence-corrected chi connectivity index (χ1v) is 16.2. The molecular formula is C33H44N6O10. The van der Waals surface area contributed by atoms with Gasteiger partial charge in [-0.15, -0.1) is 0 Å². The molecule has 49 heavy (non-hydrogen) atoms. The number of nitrogens with one attached hydrogen (secondary N) is 4. The zero-order valence-electron chi connectivity index (χ0n) is 27.9. The van der Waals surface area contributed by atoms with Gasteiger partial charge < -0.3 is 31.1 Å². The van der Waals surface area contributed by atoms with Gasteiger partial charge in [0.1, 0.15) is 24.5 Å². The highest BCUT2D eigenvalue weighted by atomic mass is 16.4. The highest BCUT2D eigenvalue weighted by Crippen LogP contribution is 2.32. The van der Waals surface area contributed by atoms with E-state index in [4.69, 9.17) is 5.11 Å². The lowest BCUT2D eigenvalue weighted by Crippen LogP contribution is -2.58. The fraction of sp³-hybridized carbons (Fsp3) is 0.545. The Kier molecular flexibility index (Phi) is 13.5. The molecule has 0 aromatic heterocycles. The van der Waals surface area contributed by atoms with Crippen LogP contribution in [0.5, 0.6) is 0 Å². The Morgan fingerprint density at radius 1 is 1.00 bits per heavy atom. The normalized spacial score (nSPS) is 21.6. The number of aliphatic carboxylic acids is 2. The number of carboxylic acids is 2. The third-order valence-corrected chi connectivity index (χ3v) is 8.71. The van der Waals surface area contributed by atoms with Crippen LogP contribution in [-0.2, 0) is 33.6 Å². The highest BCUT2D eigenvalue weighted by Gasteiger charge is 2.43. The van der Waals surface area contributed by atoms with Gasteiger partial charge in [0.2, 0.25) is 29.5 Å². The summed E-state index contributed by atoms with van der Waals surface area (Å²) in [5, 5.41) is 28.1. The highest BCUT2D eigenvalue weighted by molar-refractivity contribution is 6.05. The molecule has 0 radical (unpaired) electrons. The minimum atomic E-state index is -1.48. The van der Waals surface area contributed by atoms with Gasteiger partial charge in [-0.3, -0.25) is 48.7 Å². The van der Waals surface area contributed by atoms with Crippen LogP contribution in [0, 0.1) is 11.8 Å². The number of imide groups is 1. The zero-order valence-corrected chi connectivity index (χ0v) is 27.9. The summed E-state index contributed by atoms with van der Waals surface area (Å²) in [6, 6.07) is 2.16. The molecule has 7 atom stereocenters. The summed E-state index contributed by atoms with van der Waals surface area (Å²) in [5.41, 5.74) is 1.25. The van der Waals surface area contributed by atoms with Crippen LogP contribution in [-0.4, -0.2) is 99.4 Å². The van der Waals surface area contributed by atoms with E-state index in [0.717, 1.165) is 16.9 Å². The number of aliphatic imine (C=N–C) groups is 1. The van der Waals surface area contributed by atoms with Gasteiger partial charge in [0.25, 0.3) is 5.91 Å². The Hall–Kier alpha value is -5.15. The van der Waals surface area contributed by atoms with Gasteiger partial charge in [-0.25, -0.2) is 0 Å². The molecule has 16 heteroatoms. The average Bonchev–Trinajstić information content (AvgIpc) is 3.66. The van der Waals surface area contributed by atoms with Crippen molar-refractivity contribution in [3.63, 3.8) is 0 Å². The molecule has 1 saturated heterocycles. The Labute approximate surface area is 283 Å². The maximum atomic E-state index is 14.0. The molecule has 2 aliphatic heterocycles. The maximum absolute atomic E-state index is 14.0. The SMILES string of the molecule is CC[C@H](C)[C@H](NC(C)=O)C(=O)N[C@@H](CCC(=O)O)C(=O)N1C[C@H](NC(=O)c2ccc(C3N=CCC3C)cc2)C[C@H]1C(=O)NC(=O)CC(=O)O. The largest absolute Gasteiger partial charge is 0.481 e. The quantitative estimate of drug-likeness (QED) is 0.140. The van der Waals surface area contributed by atoms with Gasteiger partial charge in [-0.1, -0.05) is 39.3 Å². The van der Waals surface area contributed by atoms with E-state index < -0.39 is 84.4 Å². The van der Waals surface area contributed by atoms with Crippen molar-refractivity contribution >= 4 is 53.6 Å². The number of carboxylic acid groups (broad SMARTS) is 2. The molecule has 1 aromatic carbocycles. The zero-order chi connectivity index (χ0) is 36.4. The van der Waals surface area contributed by atoms with Crippen LogP contribution >= 0.6 is 0 Å². The summed E-state index contributed by atoms with van der Waals surface area (Å²) in [7, 11) is 0. The van der Waals surface area contributed by atoms with E-state index in [1.165, 1.54) is 6.92 Å². The second kappa shape index (κ2) is 17.3. The molecule has 2 unspecified atom stereocenters. The number of benzene rings is 1. The molecule has 0 spiro atoms. The number of carbonyl (C=O) groups is 8. The van der Waals surface area contributed by atoms with Crippen LogP contribution in [0.15, 0.2) is 29.3 Å². The van der Waals surface area contributed by atoms with E-state index in [-0.39, 0.29) is 31.3 Å². The van der Waals surface area contributed by atoms with E-state index in [1.54, 1.807) is 38.1 Å². The molecule has 0 saturated carbocycles. The molecule has 6 N–H and O–H groups in total. The first-order chi connectivity index (χ1) is 23.1. The van der Waals surface area contributed by atoms with Crippen molar-refractivity contribution in [1.29, 1.82) is 0 Å². The first-order valence-electron chi connectivity index (χ1n) is 16.2. The van der Waals surface area contributed by atoms with Crippen LogP contribution in [0.3, 0.4) is 0 Å². The molecule has 2 aliphatic rings. The van der Waals surface area contributed by atoms with E-state index in [2.05, 4.69) is 27.9 Å². The molecule has 266 valence electrons. The van der Waals surface area contributed by atoms with Gasteiger partial charge in [0.05, 0.1) is 6.04 Å². The van der Waals surface area contributed by atoms with Gasteiger partial charge in [-0.2, -0.15) is 0 Å². The predicted molar refractivity (Wildman–Crippen MR) is 174 cm³/mol. The second-order valence-corrected chi connectivity index (χ2v) is 12.6. The fourth-order valence-corrected chi connectivity index (χ4v) is 5.87. The van der Waals surface area contributed by atoms with Crippen LogP contribution < -0.4 is 21.3 Å². The second-order valence-electron chi connectivity index (χ2n) is 12.6. The Morgan fingerprint density at radius 3 is 2.22 bits per heavy atom. The summed E-state index contributed by atoms with van der Waals surface area (Å²) in [4.78, 5) is 106. The van der Waals surface area contributed by atoms with Crippen molar-refractivity contribution in [3.05, 3.63) is 35.4 Å². The molecule has 0 bridgehead atoms. The lowest BCUT2D eigenvalue weighted by atomic mass is 9.95. The van der Waals surface area contributed by atoms with Gasteiger partial charge in [0.15, 0.2) is 0 Å². The van der Waals surface area contributed by atoms with Crippen LogP contribution in [0.25, 0.3) is 0 Å². The molecule has 3 rings (SSSR count). The minimum Gasteiger partial charge on any atom is -0.481 e. The summed E-state index contributed by atoms with van der Waals surface area (Å²) in [5.74, 6) is -7.51. The van der Waals surface area contributed by atoms with E-state index >= 15 is 0 Å². The summed E-state index contributed by atoms with van der Waals surface area (Å²) in [6.07, 6.45) is 1.13. The van der Waals surface area contributed by atoms with Gasteiger partial charge in [0, 0.05) is 31.5 Å². The molecule has 1 fully saturated rings. The number of carbonyl (C=O) groups excluding carboxylic acids is 6. The summed E-state index contributed by atoms with van der Waals surface area (Å²) in [6.45, 7) is 6.57. The Balaban J connectivity index is 1.85. The van der Waals surface area contributed by atoms with E-state index in [9.17, 15) is 43.5 Å². The number of rotatable bonds is 15. The Morgan fingerprint density at radius 2 is 1.67 bits per heavy atom. The van der Waals surface area contributed by atoms with Crippen LogP contribution in [0.2, 0.25) is 0 Å². The molecule has 16 nitrogen and oxygen atoms in total. The Bertz CT molecular complexity index is 1480. The molecule has 6 amide bonds. The minimum absolute atomic E-state index is 0.0112. The lowest BCUT2D eigenvalue weighted by Gasteiger charge is -2.30. The van der Waals surface area contributed by atoms with Crippen molar-refractivity contribution in [2.45, 2.75) is 96.4 Å². The smallest absolute Gasteiger partial charge is 0.312 e. The molecule has 1 aromatic rings. The monoisotopic (exact) mass is 684 g/mol. The number of hydrogen-bond acceptors (Lipinski definition) is 9. The maximum Gasteiger partial charge on any atom is 0.312 e. The number of hydrogen-bond donors (Lipinski definition) is 6. The topological polar surface area (TPSA) is 241 Å². The molecule has 2 heterocycles. The summed E-state index contributed by atoms with van der Waals surface area (Å²) < 4.78 is 0. The van der Waals surface area contributed by atoms with Crippen molar-refractivity contribution in [2.75, 3.05) is 6.54 Å². The van der Waals surface area contributed by atoms with E-state index in [1.807, 2.05) is 11.5 Å². The number of nitrogens with zero attached hydrogens (tertiary/aromatic N) is 2. The molecular weight excluding hydrogens is 640 g/mol. The predicted octanol–water partition coefficient (Wildman–Crippen LogP) is 0.556. The first kappa shape index (κ1) is 38.3. The standard InChI is InChI=1S/C33H44N6O10/c1-5-17(2)29(35-19(4)40)32(48)37-23(10-11-26(42)43)33(49)39-16-22(14-24(39)31(47)38-25(41)15-27(44)45)36-30(46)21-8-6-20(7-9-21)28-18(3)12-13-34-28/h6-9,13,17-18,22-24,28-29H,5,10-12,14-16H2,1-4H3,(H,35,40)(H,36,46)(H,37,48)(H,42,43)(H,44,45)(H,38,41,47)/t17-,18?,22+,23-,24-,28?,29-/m0/s1. The van der Waals surface area contributed by atoms with Crippen molar-refractivity contribution in [1.82, 2.24) is 26.2 Å². The van der Waals surface area contributed by atoms with Crippen LogP contribution in [0.4, 0.5) is 0 Å². The fourth-order valence-electron chi connectivity index (χ4n) is 5.87. The third kappa shape index (κ3) is 10.7. The van der Waals surface area contributed by atoms with Crippen molar-refractivity contribution in [2.24, 2.45) is 16.8 Å². The van der Waals surface area contributed by atoms with Gasteiger partial charge in [-0.05, 0) is 55.0 Å². The summed E-state index contributed by atoms with van der Waals surface area (Å²) >= 11 is 0. The molecule has 0 aliphatic carbocycles. The number of amides is 6. The van der Waals surface area contributed by atoms with Crippen LogP contribution in [0.1, 0.15) is 88.2 Å². The average molecular weight is 685 g/mol. The van der Waals surface area contributed by atoms with E-state index in [0.29, 0.717) is 17.9 Å². The number of likely N-dealkylation sites (tertiary alicyclic amines) is 1. The van der Waals surface area contributed by atoms with Crippen molar-refractivity contribution in [3.8, 4) is 0 Å². The van der Waals surface area contributed by atoms with Gasteiger partial charge >= 0.3 is 11.9 Å². The lowest BCUT2D eigenvalue weighted by molar-refractivity contribution is -0.146. The third-order valence-electron chi connectivity index (χ3n) is 8.71.